The summed E-state index contributed by atoms with van der Waals surface area (Å²) in [5.74, 6) is -0.427. The number of hydrogen-bond donors (Lipinski definition) is 1. The number of aliphatic hydroxyl groups excluding tert-OH is 1. The second-order valence-corrected chi connectivity index (χ2v) is 5.48. The highest BCUT2D eigenvalue weighted by molar-refractivity contribution is 9.10. The first-order chi connectivity index (χ1) is 8.47. The second kappa shape index (κ2) is 5.39. The van der Waals surface area contributed by atoms with Crippen molar-refractivity contribution in [1.82, 2.24) is 0 Å². The van der Waals surface area contributed by atoms with E-state index >= 15 is 0 Å². The fraction of sp³-hybridized carbons (Fsp3) is 0.143. The molecule has 0 radical (unpaired) electrons. The van der Waals surface area contributed by atoms with Gasteiger partial charge >= 0.3 is 0 Å². The molecule has 0 spiro atoms. The van der Waals surface area contributed by atoms with Crippen molar-refractivity contribution < 1.29 is 9.50 Å². The molecule has 1 nitrogen and oxygen atoms in total. The van der Waals surface area contributed by atoms with Crippen LogP contribution in [-0.4, -0.2) is 5.11 Å². The summed E-state index contributed by atoms with van der Waals surface area (Å²) in [6.07, 6.45) is -1.03. The lowest BCUT2D eigenvalue weighted by Gasteiger charge is -2.14. The first kappa shape index (κ1) is 13.5. The lowest BCUT2D eigenvalue weighted by atomic mass is 9.99. The first-order valence-electron chi connectivity index (χ1n) is 5.37. The van der Waals surface area contributed by atoms with E-state index in [0.717, 1.165) is 10.0 Å². The fourth-order valence-electron chi connectivity index (χ4n) is 1.79. The fourth-order valence-corrected chi connectivity index (χ4v) is 2.67. The zero-order valence-corrected chi connectivity index (χ0v) is 12.0. The van der Waals surface area contributed by atoms with Gasteiger partial charge < -0.3 is 5.11 Å². The van der Waals surface area contributed by atoms with Crippen LogP contribution in [0.1, 0.15) is 22.8 Å². The third-order valence-electron chi connectivity index (χ3n) is 2.65. The van der Waals surface area contributed by atoms with Crippen molar-refractivity contribution in [2.75, 3.05) is 0 Å². The smallest absolute Gasteiger partial charge is 0.129 e. The average molecular weight is 330 g/mol. The van der Waals surface area contributed by atoms with Gasteiger partial charge in [0.15, 0.2) is 0 Å². The van der Waals surface area contributed by atoms with E-state index in [1.807, 2.05) is 6.92 Å². The van der Waals surface area contributed by atoms with Crippen molar-refractivity contribution in [3.05, 3.63) is 68.4 Å². The van der Waals surface area contributed by atoms with E-state index in [9.17, 15) is 9.50 Å². The quantitative estimate of drug-likeness (QED) is 0.851. The summed E-state index contributed by atoms with van der Waals surface area (Å²) in [6.45, 7) is 1.85. The third-order valence-corrected chi connectivity index (χ3v) is 3.32. The Labute approximate surface area is 118 Å². The van der Waals surface area contributed by atoms with E-state index in [2.05, 4.69) is 15.9 Å². The van der Waals surface area contributed by atoms with Gasteiger partial charge in [0.25, 0.3) is 0 Å². The van der Waals surface area contributed by atoms with Gasteiger partial charge in [-0.2, -0.15) is 0 Å². The molecule has 0 amide bonds. The normalized spacial score (nSPS) is 12.5. The van der Waals surface area contributed by atoms with Crippen LogP contribution < -0.4 is 0 Å². The van der Waals surface area contributed by atoms with Gasteiger partial charge in [-0.15, -0.1) is 0 Å². The Morgan fingerprint density at radius 1 is 1.22 bits per heavy atom. The van der Waals surface area contributed by atoms with Crippen molar-refractivity contribution >= 4 is 27.5 Å². The van der Waals surface area contributed by atoms with E-state index in [1.165, 1.54) is 6.07 Å². The first-order valence-corrected chi connectivity index (χ1v) is 6.54. The second-order valence-electron chi connectivity index (χ2n) is 4.13. The maximum atomic E-state index is 13.7. The minimum atomic E-state index is -1.03. The predicted octanol–water partition coefficient (Wildman–Crippen LogP) is 4.63. The molecule has 2 aromatic rings. The predicted molar refractivity (Wildman–Crippen MR) is 74.4 cm³/mol. The van der Waals surface area contributed by atoms with Gasteiger partial charge in [-0.3, -0.25) is 0 Å². The Morgan fingerprint density at radius 3 is 2.61 bits per heavy atom. The molecule has 0 saturated heterocycles. The number of hydrogen-bond acceptors (Lipinski definition) is 1. The van der Waals surface area contributed by atoms with E-state index < -0.39 is 11.9 Å². The molecule has 0 bridgehead atoms. The highest BCUT2D eigenvalue weighted by Crippen LogP contribution is 2.29. The van der Waals surface area contributed by atoms with Gasteiger partial charge in [0, 0.05) is 15.1 Å². The maximum Gasteiger partial charge on any atom is 0.129 e. The van der Waals surface area contributed by atoms with Gasteiger partial charge in [0.05, 0.1) is 0 Å². The molecular formula is C14H11BrClFO. The van der Waals surface area contributed by atoms with Gasteiger partial charge in [-0.25, -0.2) is 4.39 Å². The largest absolute Gasteiger partial charge is 0.384 e. The molecular weight excluding hydrogens is 319 g/mol. The Bertz CT molecular complexity index is 566. The van der Waals surface area contributed by atoms with E-state index in [4.69, 9.17) is 11.6 Å². The minimum Gasteiger partial charge on any atom is -0.384 e. The van der Waals surface area contributed by atoms with Crippen LogP contribution in [0.4, 0.5) is 4.39 Å². The standard InChI is InChI=1S/C14H11BrClFO/c1-8-2-3-13(17)12(4-8)14(18)9-5-10(15)7-11(16)6-9/h2-7,14,18H,1H3. The SMILES string of the molecule is Cc1ccc(F)c(C(O)c2cc(Cl)cc(Br)c2)c1. The van der Waals surface area contributed by atoms with Crippen molar-refractivity contribution in [1.29, 1.82) is 0 Å². The molecule has 1 unspecified atom stereocenters. The van der Waals surface area contributed by atoms with Crippen LogP contribution in [0.15, 0.2) is 40.9 Å². The Hall–Kier alpha value is -0.900. The van der Waals surface area contributed by atoms with Crippen LogP contribution in [0.5, 0.6) is 0 Å². The van der Waals surface area contributed by atoms with Crippen LogP contribution in [-0.2, 0) is 0 Å². The van der Waals surface area contributed by atoms with E-state index in [1.54, 1.807) is 30.3 Å². The Morgan fingerprint density at radius 2 is 1.94 bits per heavy atom. The third kappa shape index (κ3) is 2.91. The molecule has 1 N–H and O–H groups in total. The molecule has 2 rings (SSSR count). The summed E-state index contributed by atoms with van der Waals surface area (Å²) in [6, 6.07) is 9.71. The van der Waals surface area contributed by atoms with Gasteiger partial charge in [0.1, 0.15) is 11.9 Å². The van der Waals surface area contributed by atoms with Gasteiger partial charge in [0.2, 0.25) is 0 Å². The van der Waals surface area contributed by atoms with Crippen molar-refractivity contribution in [3.8, 4) is 0 Å². The molecule has 0 fully saturated rings. The average Bonchev–Trinajstić information content (AvgIpc) is 2.30. The van der Waals surface area contributed by atoms with E-state index in [-0.39, 0.29) is 5.56 Å². The molecule has 1 atom stereocenters. The molecule has 0 aliphatic rings. The Kier molecular flexibility index (Phi) is 4.05. The van der Waals surface area contributed by atoms with Crippen molar-refractivity contribution in [2.45, 2.75) is 13.0 Å². The molecule has 0 aromatic heterocycles. The van der Waals surface area contributed by atoms with Gasteiger partial charge in [-0.1, -0.05) is 45.2 Å². The van der Waals surface area contributed by atoms with Crippen LogP contribution in [0.3, 0.4) is 0 Å². The molecule has 18 heavy (non-hydrogen) atoms. The number of aryl methyl sites for hydroxylation is 1. The molecule has 0 saturated carbocycles. The zero-order valence-electron chi connectivity index (χ0n) is 9.62. The summed E-state index contributed by atoms with van der Waals surface area (Å²) in [5.41, 5.74) is 1.70. The molecule has 94 valence electrons. The summed E-state index contributed by atoms with van der Waals surface area (Å²) < 4.78 is 14.4. The van der Waals surface area contributed by atoms with Crippen molar-refractivity contribution in [3.63, 3.8) is 0 Å². The number of halogens is 3. The lowest BCUT2D eigenvalue weighted by molar-refractivity contribution is 0.215. The zero-order chi connectivity index (χ0) is 13.3. The number of benzene rings is 2. The molecule has 0 heterocycles. The summed E-state index contributed by atoms with van der Waals surface area (Å²) >= 11 is 9.22. The highest BCUT2D eigenvalue weighted by Gasteiger charge is 2.16. The lowest BCUT2D eigenvalue weighted by Crippen LogP contribution is -2.03. The van der Waals surface area contributed by atoms with Crippen LogP contribution in [0, 0.1) is 12.7 Å². The van der Waals surface area contributed by atoms with E-state index in [0.29, 0.717) is 10.6 Å². The van der Waals surface area contributed by atoms with Crippen LogP contribution >= 0.6 is 27.5 Å². The van der Waals surface area contributed by atoms with Crippen LogP contribution in [0.2, 0.25) is 5.02 Å². The van der Waals surface area contributed by atoms with Gasteiger partial charge in [-0.05, 0) is 36.8 Å². The monoisotopic (exact) mass is 328 g/mol. The van der Waals surface area contributed by atoms with Crippen molar-refractivity contribution in [2.24, 2.45) is 0 Å². The molecule has 4 heteroatoms. The highest BCUT2D eigenvalue weighted by atomic mass is 79.9. The summed E-state index contributed by atoms with van der Waals surface area (Å²) in [5, 5.41) is 10.7. The summed E-state index contributed by atoms with van der Waals surface area (Å²) in [7, 11) is 0. The minimum absolute atomic E-state index is 0.254. The maximum absolute atomic E-state index is 13.7. The summed E-state index contributed by atoms with van der Waals surface area (Å²) in [4.78, 5) is 0. The number of aliphatic hydroxyl groups is 1. The Balaban J connectivity index is 2.47. The number of rotatable bonds is 2. The van der Waals surface area contributed by atoms with Crippen LogP contribution in [0.25, 0.3) is 0 Å². The molecule has 0 aliphatic carbocycles. The molecule has 0 aliphatic heterocycles. The topological polar surface area (TPSA) is 20.2 Å². The molecule has 2 aromatic carbocycles.